The van der Waals surface area contributed by atoms with Gasteiger partial charge in [0.25, 0.3) is 0 Å². The minimum Gasteiger partial charge on any atom is -0.372 e. The lowest BCUT2D eigenvalue weighted by molar-refractivity contribution is -0.134. The smallest absolute Gasteiger partial charge is 0.240 e. The van der Waals surface area contributed by atoms with Gasteiger partial charge in [0.1, 0.15) is 5.41 Å². The van der Waals surface area contributed by atoms with E-state index in [9.17, 15) is 9.59 Å². The third-order valence-corrected chi connectivity index (χ3v) is 6.07. The second kappa shape index (κ2) is 8.23. The van der Waals surface area contributed by atoms with Crippen LogP contribution in [-0.4, -0.2) is 29.9 Å². The second-order valence-electron chi connectivity index (χ2n) is 8.30. The minimum absolute atomic E-state index is 0.210. The van der Waals surface area contributed by atoms with Crippen LogP contribution in [0.25, 0.3) is 0 Å². The van der Waals surface area contributed by atoms with Gasteiger partial charge in [0, 0.05) is 43.4 Å². The number of piperidine rings is 1. The predicted molar refractivity (Wildman–Crippen MR) is 113 cm³/mol. The summed E-state index contributed by atoms with van der Waals surface area (Å²) in [5.74, 6) is 0.363. The molecule has 1 saturated heterocycles. The first kappa shape index (κ1) is 19.4. The van der Waals surface area contributed by atoms with Gasteiger partial charge < -0.3 is 15.5 Å². The van der Waals surface area contributed by atoms with Crippen molar-refractivity contribution in [1.82, 2.24) is 10.3 Å². The Kier molecular flexibility index (Phi) is 5.51. The van der Waals surface area contributed by atoms with Crippen molar-refractivity contribution in [3.05, 3.63) is 54.4 Å². The Morgan fingerprint density at radius 2 is 1.83 bits per heavy atom. The average Bonchev–Trinajstić information content (AvgIpc) is 3.56. The van der Waals surface area contributed by atoms with Crippen molar-refractivity contribution in [2.45, 2.75) is 39.2 Å². The largest absolute Gasteiger partial charge is 0.372 e. The number of anilines is 2. The molecule has 0 spiro atoms. The van der Waals surface area contributed by atoms with E-state index in [1.165, 1.54) is 18.5 Å². The number of hydrogen-bond donors (Lipinski definition) is 2. The highest BCUT2D eigenvalue weighted by molar-refractivity contribution is 6.13. The third kappa shape index (κ3) is 4.42. The number of carbonyl (C=O) groups excluding carboxylic acids is 2. The number of carbonyl (C=O) groups is 2. The zero-order valence-corrected chi connectivity index (χ0v) is 16.9. The lowest BCUT2D eigenvalue weighted by Gasteiger charge is -2.32. The van der Waals surface area contributed by atoms with Crippen molar-refractivity contribution in [2.24, 2.45) is 11.3 Å². The van der Waals surface area contributed by atoms with Gasteiger partial charge in [-0.3, -0.25) is 14.6 Å². The Morgan fingerprint density at radius 1 is 1.10 bits per heavy atom. The van der Waals surface area contributed by atoms with Gasteiger partial charge in [-0.2, -0.15) is 0 Å². The van der Waals surface area contributed by atoms with Crippen LogP contribution in [0.15, 0.2) is 48.8 Å². The maximum Gasteiger partial charge on any atom is 0.240 e. The monoisotopic (exact) mass is 392 g/mol. The van der Waals surface area contributed by atoms with E-state index >= 15 is 0 Å². The van der Waals surface area contributed by atoms with Gasteiger partial charge in [0.2, 0.25) is 11.8 Å². The Labute approximate surface area is 171 Å². The molecule has 2 heterocycles. The van der Waals surface area contributed by atoms with Crippen molar-refractivity contribution in [3.63, 3.8) is 0 Å². The van der Waals surface area contributed by atoms with E-state index in [1.54, 1.807) is 12.4 Å². The lowest BCUT2D eigenvalue weighted by atomic mass is 9.99. The summed E-state index contributed by atoms with van der Waals surface area (Å²) in [7, 11) is 0. The van der Waals surface area contributed by atoms with Gasteiger partial charge in [0.15, 0.2) is 0 Å². The third-order valence-electron chi connectivity index (χ3n) is 6.07. The molecule has 1 saturated carbocycles. The zero-order valence-electron chi connectivity index (χ0n) is 16.9. The van der Waals surface area contributed by atoms with Crippen LogP contribution in [0.4, 0.5) is 11.4 Å². The molecule has 2 amide bonds. The highest BCUT2D eigenvalue weighted by Crippen LogP contribution is 2.47. The molecule has 4 rings (SSSR count). The summed E-state index contributed by atoms with van der Waals surface area (Å²) in [6.07, 6.45) is 7.01. The summed E-state index contributed by atoms with van der Waals surface area (Å²) in [5, 5.41) is 5.81. The number of amides is 2. The molecule has 1 aromatic heterocycles. The molecule has 152 valence electrons. The van der Waals surface area contributed by atoms with Crippen molar-refractivity contribution >= 4 is 23.2 Å². The Morgan fingerprint density at radius 3 is 2.45 bits per heavy atom. The van der Waals surface area contributed by atoms with Crippen LogP contribution in [-0.2, 0) is 16.1 Å². The van der Waals surface area contributed by atoms with Crippen molar-refractivity contribution in [3.8, 4) is 0 Å². The summed E-state index contributed by atoms with van der Waals surface area (Å²) in [4.78, 5) is 31.8. The van der Waals surface area contributed by atoms with Gasteiger partial charge in [-0.15, -0.1) is 0 Å². The first-order valence-corrected chi connectivity index (χ1v) is 10.4. The molecule has 0 atom stereocenters. The van der Waals surface area contributed by atoms with Crippen LogP contribution in [0.5, 0.6) is 0 Å². The van der Waals surface area contributed by atoms with Crippen LogP contribution in [0, 0.1) is 11.3 Å². The Hall–Kier alpha value is -2.89. The van der Waals surface area contributed by atoms with E-state index in [0.29, 0.717) is 19.4 Å². The summed E-state index contributed by atoms with van der Waals surface area (Å²) in [5.41, 5.74) is 1.89. The van der Waals surface area contributed by atoms with Gasteiger partial charge in [-0.1, -0.05) is 13.0 Å². The fraction of sp³-hybridized carbons (Fsp3) is 0.435. The number of hydrogen-bond acceptors (Lipinski definition) is 4. The fourth-order valence-corrected chi connectivity index (χ4v) is 3.81. The van der Waals surface area contributed by atoms with Crippen LogP contribution >= 0.6 is 0 Å². The van der Waals surface area contributed by atoms with Crippen molar-refractivity contribution in [1.29, 1.82) is 0 Å². The number of nitrogens with one attached hydrogen (secondary N) is 2. The standard InChI is InChI=1S/C23H28N4O2/c1-17-8-13-27(14-9-17)20-6-4-19(5-7-20)26-22(29)23(10-11-23)21(28)25-16-18-3-2-12-24-15-18/h2-7,12,15,17H,8-11,13-14,16H2,1H3,(H,25,28)(H,26,29). The normalized spacial score (nSPS) is 18.2. The molecule has 1 aliphatic carbocycles. The summed E-state index contributed by atoms with van der Waals surface area (Å²) >= 11 is 0. The van der Waals surface area contributed by atoms with E-state index < -0.39 is 5.41 Å². The molecule has 0 unspecified atom stereocenters. The molecule has 29 heavy (non-hydrogen) atoms. The molecule has 6 nitrogen and oxygen atoms in total. The highest BCUT2D eigenvalue weighted by Gasteiger charge is 2.56. The fourth-order valence-electron chi connectivity index (χ4n) is 3.81. The number of pyridine rings is 1. The first-order valence-electron chi connectivity index (χ1n) is 10.4. The van der Waals surface area contributed by atoms with Gasteiger partial charge in [-0.05, 0) is 67.5 Å². The van der Waals surface area contributed by atoms with Gasteiger partial charge in [0.05, 0.1) is 0 Å². The number of nitrogens with zero attached hydrogens (tertiary/aromatic N) is 2. The van der Waals surface area contributed by atoms with Crippen LogP contribution in [0.3, 0.4) is 0 Å². The van der Waals surface area contributed by atoms with E-state index in [1.807, 2.05) is 36.4 Å². The Bertz CT molecular complexity index is 854. The summed E-state index contributed by atoms with van der Waals surface area (Å²) in [6.45, 7) is 4.83. The molecular weight excluding hydrogens is 364 g/mol. The second-order valence-corrected chi connectivity index (χ2v) is 8.30. The minimum atomic E-state index is -0.941. The average molecular weight is 393 g/mol. The maximum atomic E-state index is 12.8. The van der Waals surface area contributed by atoms with Gasteiger partial charge >= 0.3 is 0 Å². The van der Waals surface area contributed by atoms with Crippen LogP contribution < -0.4 is 15.5 Å². The quantitative estimate of drug-likeness (QED) is 0.740. The maximum absolute atomic E-state index is 12.8. The highest BCUT2D eigenvalue weighted by atomic mass is 16.2. The molecule has 1 aliphatic heterocycles. The van der Waals surface area contributed by atoms with Crippen molar-refractivity contribution in [2.75, 3.05) is 23.3 Å². The molecule has 2 fully saturated rings. The molecule has 2 aliphatic rings. The SMILES string of the molecule is CC1CCN(c2ccc(NC(=O)C3(C(=O)NCc4cccnc4)CC3)cc2)CC1. The lowest BCUT2D eigenvalue weighted by Crippen LogP contribution is -2.39. The number of rotatable bonds is 6. The van der Waals surface area contributed by atoms with Crippen LogP contribution in [0.2, 0.25) is 0 Å². The molecule has 1 aromatic carbocycles. The molecule has 0 bridgehead atoms. The molecule has 6 heteroatoms. The number of aromatic nitrogens is 1. The number of benzene rings is 1. The van der Waals surface area contributed by atoms with Crippen molar-refractivity contribution < 1.29 is 9.59 Å². The zero-order chi connectivity index (χ0) is 20.3. The first-order chi connectivity index (χ1) is 14.1. The van der Waals surface area contributed by atoms with E-state index in [-0.39, 0.29) is 11.8 Å². The summed E-state index contributed by atoms with van der Waals surface area (Å²) in [6, 6.07) is 11.7. The predicted octanol–water partition coefficient (Wildman–Crippen LogP) is 3.35. The van der Waals surface area contributed by atoms with Crippen LogP contribution in [0.1, 0.15) is 38.2 Å². The molecule has 0 radical (unpaired) electrons. The molecule has 2 aromatic rings. The van der Waals surface area contributed by atoms with E-state index in [4.69, 9.17) is 0 Å². The summed E-state index contributed by atoms with van der Waals surface area (Å²) < 4.78 is 0. The molecular formula is C23H28N4O2. The van der Waals surface area contributed by atoms with Gasteiger partial charge in [-0.25, -0.2) is 0 Å². The van der Waals surface area contributed by atoms with E-state index in [0.717, 1.165) is 30.3 Å². The van der Waals surface area contributed by atoms with E-state index in [2.05, 4.69) is 27.4 Å². The topological polar surface area (TPSA) is 74.3 Å². The molecule has 2 N–H and O–H groups in total. The Balaban J connectivity index is 1.33.